The number of anilines is 1. The first-order valence-corrected chi connectivity index (χ1v) is 9.34. The van der Waals surface area contributed by atoms with Crippen molar-refractivity contribution in [3.63, 3.8) is 0 Å². The van der Waals surface area contributed by atoms with Crippen LogP contribution in [0.4, 0.5) is 14.7 Å². The third-order valence-corrected chi connectivity index (χ3v) is 5.17. The van der Waals surface area contributed by atoms with Gasteiger partial charge in [-0.2, -0.15) is 0 Å². The number of nitrogens with zero attached hydrogens (tertiary/aromatic N) is 3. The van der Waals surface area contributed by atoms with E-state index in [4.69, 9.17) is 10.5 Å². The molecule has 4 amide bonds. The quantitative estimate of drug-likeness (QED) is 0.579. The number of urea groups is 2. The van der Waals surface area contributed by atoms with Crippen LogP contribution in [0, 0.1) is 0 Å². The number of carboxylic acids is 1. The van der Waals surface area contributed by atoms with E-state index in [9.17, 15) is 19.5 Å². The SMILES string of the molecule is Nc1nc2ccc([C@@H](NC(=O)N3CC(N=C4C=COC4)NC3=O)C(=O)O)cc2s1. The van der Waals surface area contributed by atoms with Crippen molar-refractivity contribution in [2.75, 3.05) is 18.9 Å². The largest absolute Gasteiger partial charge is 0.495 e. The molecular weight excluding hydrogens is 400 g/mol. The molecule has 11 nitrogen and oxygen atoms in total. The molecule has 0 saturated carbocycles. The number of carbonyl (C=O) groups is 3. The predicted molar refractivity (Wildman–Crippen MR) is 104 cm³/mol. The molecule has 0 aliphatic carbocycles. The smallest absolute Gasteiger partial charge is 0.330 e. The number of nitrogens with one attached hydrogen (secondary N) is 2. The maximum absolute atomic E-state index is 12.6. The number of carboxylic acid groups (broad SMARTS) is 1. The number of nitrogens with two attached hydrogens (primary N) is 1. The van der Waals surface area contributed by atoms with Gasteiger partial charge in [0.1, 0.15) is 12.8 Å². The second-order valence-electron chi connectivity index (χ2n) is 6.31. The fourth-order valence-corrected chi connectivity index (χ4v) is 3.77. The van der Waals surface area contributed by atoms with Crippen molar-refractivity contribution >= 4 is 50.4 Å². The number of thiazole rings is 1. The number of amides is 4. The number of aliphatic imine (C=N–C) groups is 1. The lowest BCUT2D eigenvalue weighted by atomic mass is 10.1. The topological polar surface area (TPSA) is 159 Å². The number of ether oxygens (including phenoxy) is 1. The average molecular weight is 416 g/mol. The van der Waals surface area contributed by atoms with Gasteiger partial charge in [-0.05, 0) is 23.8 Å². The minimum atomic E-state index is -1.35. The molecule has 0 radical (unpaired) electrons. The van der Waals surface area contributed by atoms with Gasteiger partial charge in [0.2, 0.25) is 0 Å². The van der Waals surface area contributed by atoms with Crippen LogP contribution in [-0.4, -0.2) is 58.1 Å². The number of aromatic nitrogens is 1. The van der Waals surface area contributed by atoms with Gasteiger partial charge in [0, 0.05) is 0 Å². The van der Waals surface area contributed by atoms with Crippen LogP contribution in [0.25, 0.3) is 10.2 Å². The highest BCUT2D eigenvalue weighted by atomic mass is 32.1. The second-order valence-corrected chi connectivity index (χ2v) is 7.37. The van der Waals surface area contributed by atoms with Gasteiger partial charge in [0.25, 0.3) is 0 Å². The third-order valence-electron chi connectivity index (χ3n) is 4.32. The Labute approximate surface area is 167 Å². The van der Waals surface area contributed by atoms with Crippen molar-refractivity contribution in [3.8, 4) is 0 Å². The summed E-state index contributed by atoms with van der Waals surface area (Å²) in [5.74, 6) is -1.26. The minimum Gasteiger partial charge on any atom is -0.495 e. The minimum absolute atomic E-state index is 0.0290. The summed E-state index contributed by atoms with van der Waals surface area (Å²) in [4.78, 5) is 45.7. The number of nitrogen functional groups attached to an aromatic ring is 1. The maximum Gasteiger partial charge on any atom is 0.330 e. The number of imide groups is 1. The number of carbonyl (C=O) groups excluding carboxylic acids is 2. The summed E-state index contributed by atoms with van der Waals surface area (Å²) in [5.41, 5.74) is 7.29. The van der Waals surface area contributed by atoms with Crippen LogP contribution in [0.2, 0.25) is 0 Å². The lowest BCUT2D eigenvalue weighted by molar-refractivity contribution is -0.139. The number of fused-ring (bicyclic) bond motifs is 1. The second kappa shape index (κ2) is 7.39. The number of benzene rings is 1. The Bertz CT molecular complexity index is 1060. The predicted octanol–water partition coefficient (Wildman–Crippen LogP) is 1.05. The van der Waals surface area contributed by atoms with Gasteiger partial charge >= 0.3 is 18.0 Å². The third kappa shape index (κ3) is 3.82. The van der Waals surface area contributed by atoms with E-state index in [2.05, 4.69) is 20.6 Å². The Morgan fingerprint density at radius 2 is 2.31 bits per heavy atom. The first-order chi connectivity index (χ1) is 13.9. The Hall–Kier alpha value is -3.67. The van der Waals surface area contributed by atoms with Crippen molar-refractivity contribution in [3.05, 3.63) is 36.1 Å². The molecule has 3 heterocycles. The Balaban J connectivity index is 1.49. The lowest BCUT2D eigenvalue weighted by Crippen LogP contribution is -2.45. The number of hydrogen-bond acceptors (Lipinski definition) is 8. The molecule has 4 rings (SSSR count). The fraction of sp³-hybridized carbons (Fsp3) is 0.235. The van der Waals surface area contributed by atoms with Crippen LogP contribution in [0.1, 0.15) is 11.6 Å². The average Bonchev–Trinajstić information content (AvgIpc) is 3.38. The Morgan fingerprint density at radius 3 is 3.03 bits per heavy atom. The highest BCUT2D eigenvalue weighted by molar-refractivity contribution is 7.22. The van der Waals surface area contributed by atoms with Gasteiger partial charge in [0.05, 0.1) is 28.7 Å². The zero-order valence-electron chi connectivity index (χ0n) is 14.9. The summed E-state index contributed by atoms with van der Waals surface area (Å²) in [6.07, 6.45) is 2.53. The summed E-state index contributed by atoms with van der Waals surface area (Å²) in [6, 6.07) is 1.94. The van der Waals surface area contributed by atoms with E-state index >= 15 is 0 Å². The molecule has 1 aromatic heterocycles. The van der Waals surface area contributed by atoms with Crippen LogP contribution >= 0.6 is 11.3 Å². The summed E-state index contributed by atoms with van der Waals surface area (Å²) >= 11 is 1.21. The number of hydrogen-bond donors (Lipinski definition) is 4. The van der Waals surface area contributed by atoms with E-state index in [0.717, 1.165) is 4.90 Å². The first-order valence-electron chi connectivity index (χ1n) is 8.53. The summed E-state index contributed by atoms with van der Waals surface area (Å²) in [5, 5.41) is 14.9. The summed E-state index contributed by atoms with van der Waals surface area (Å²) in [6.45, 7) is 0.267. The molecule has 1 unspecified atom stereocenters. The van der Waals surface area contributed by atoms with Gasteiger partial charge in [0.15, 0.2) is 11.2 Å². The summed E-state index contributed by atoms with van der Waals surface area (Å²) < 4.78 is 5.73. The van der Waals surface area contributed by atoms with Crippen molar-refractivity contribution in [1.82, 2.24) is 20.5 Å². The molecule has 12 heteroatoms. The van der Waals surface area contributed by atoms with Crippen LogP contribution in [-0.2, 0) is 9.53 Å². The first kappa shape index (κ1) is 18.7. The number of rotatable bonds is 4. The highest BCUT2D eigenvalue weighted by Gasteiger charge is 2.35. The molecule has 1 saturated heterocycles. The molecule has 0 bridgehead atoms. The lowest BCUT2D eigenvalue weighted by Gasteiger charge is -2.19. The van der Waals surface area contributed by atoms with Gasteiger partial charge < -0.3 is 26.2 Å². The van der Waals surface area contributed by atoms with Gasteiger partial charge in [-0.25, -0.2) is 24.3 Å². The molecule has 150 valence electrons. The van der Waals surface area contributed by atoms with E-state index < -0.39 is 30.2 Å². The molecule has 2 aliphatic heterocycles. The van der Waals surface area contributed by atoms with Gasteiger partial charge in [-0.15, -0.1) is 0 Å². The molecule has 1 aromatic carbocycles. The molecule has 5 N–H and O–H groups in total. The molecule has 2 aliphatic rings. The normalized spacial score (nSPS) is 20.7. The highest BCUT2D eigenvalue weighted by Crippen LogP contribution is 2.27. The summed E-state index contributed by atoms with van der Waals surface area (Å²) in [7, 11) is 0. The Morgan fingerprint density at radius 1 is 1.48 bits per heavy atom. The standard InChI is InChI=1S/C17H16N6O5S/c18-15-20-10-2-1-8(5-11(10)29-15)13(14(24)25)22-17(27)23-6-12(21-16(23)26)19-9-3-4-28-7-9/h1-5,12-13H,6-7H2,(H2,18,20)(H,21,26)(H,22,27)(H,24,25)/t12?,13-/m1/s1. The van der Waals surface area contributed by atoms with E-state index in [1.54, 1.807) is 24.3 Å². The van der Waals surface area contributed by atoms with Crippen molar-refractivity contribution < 1.29 is 24.2 Å². The number of aliphatic carboxylic acids is 1. The zero-order chi connectivity index (χ0) is 20.5. The van der Waals surface area contributed by atoms with E-state index in [-0.39, 0.29) is 6.54 Å². The molecule has 29 heavy (non-hydrogen) atoms. The monoisotopic (exact) mass is 416 g/mol. The van der Waals surface area contributed by atoms with Crippen LogP contribution in [0.3, 0.4) is 0 Å². The van der Waals surface area contributed by atoms with Crippen LogP contribution in [0.15, 0.2) is 35.5 Å². The van der Waals surface area contributed by atoms with Crippen molar-refractivity contribution in [2.45, 2.75) is 12.2 Å². The molecule has 1 fully saturated rings. The molecule has 2 atom stereocenters. The van der Waals surface area contributed by atoms with Gasteiger partial charge in [-0.3, -0.25) is 4.99 Å². The zero-order valence-corrected chi connectivity index (χ0v) is 15.7. The fourth-order valence-electron chi connectivity index (χ4n) is 2.99. The van der Waals surface area contributed by atoms with E-state index in [1.807, 2.05) is 0 Å². The van der Waals surface area contributed by atoms with Crippen molar-refractivity contribution in [2.24, 2.45) is 4.99 Å². The van der Waals surface area contributed by atoms with Gasteiger partial charge in [-0.1, -0.05) is 17.4 Å². The molecule has 0 spiro atoms. The molecule has 2 aromatic rings. The van der Waals surface area contributed by atoms with E-state index in [1.165, 1.54) is 17.6 Å². The van der Waals surface area contributed by atoms with Crippen LogP contribution < -0.4 is 16.4 Å². The Kier molecular flexibility index (Phi) is 4.76. The van der Waals surface area contributed by atoms with E-state index in [0.29, 0.717) is 33.2 Å². The van der Waals surface area contributed by atoms with Crippen molar-refractivity contribution in [1.29, 1.82) is 0 Å². The van der Waals surface area contributed by atoms with Crippen LogP contribution in [0.5, 0.6) is 0 Å². The molecular formula is C17H16N6O5S. The maximum atomic E-state index is 12.6.